The van der Waals surface area contributed by atoms with Gasteiger partial charge in [0.1, 0.15) is 5.82 Å². The Kier molecular flexibility index (Phi) is 3.77. The first-order valence-electron chi connectivity index (χ1n) is 5.30. The molecule has 1 aromatic heterocycles. The molecule has 0 radical (unpaired) electrons. The second-order valence-electron chi connectivity index (χ2n) is 3.62. The zero-order valence-electron chi connectivity index (χ0n) is 9.23. The molecule has 0 atom stereocenters. The van der Waals surface area contributed by atoms with Crippen LogP contribution in [0.4, 0.5) is 11.4 Å². The highest BCUT2D eigenvalue weighted by atomic mass is 35.5. The molecule has 0 amide bonds. The van der Waals surface area contributed by atoms with Crippen LogP contribution in [0.3, 0.4) is 0 Å². The number of rotatable bonds is 4. The average Bonchev–Trinajstić information content (AvgIpc) is 2.34. The summed E-state index contributed by atoms with van der Waals surface area (Å²) in [7, 11) is 0. The highest BCUT2D eigenvalue weighted by molar-refractivity contribution is 6.30. The molecule has 0 saturated heterocycles. The summed E-state index contributed by atoms with van der Waals surface area (Å²) >= 11 is 5.80. The third-order valence-electron chi connectivity index (χ3n) is 2.25. The lowest BCUT2D eigenvalue weighted by Gasteiger charge is -2.05. The Morgan fingerprint density at radius 3 is 2.41 bits per heavy atom. The Balaban J connectivity index is 1.83. The van der Waals surface area contributed by atoms with Crippen LogP contribution in [-0.2, 0) is 6.42 Å². The van der Waals surface area contributed by atoms with Gasteiger partial charge >= 0.3 is 0 Å². The van der Waals surface area contributed by atoms with E-state index in [4.69, 9.17) is 17.3 Å². The molecular weight excluding hydrogens is 236 g/mol. The fourth-order valence-corrected chi connectivity index (χ4v) is 1.51. The molecule has 17 heavy (non-hydrogen) atoms. The standard InChI is InChI=1S/C12H13ClN4/c13-9-1-3-11(4-2-9)15-6-5-12-16-7-10(14)8-17-12/h1-4,7-8,15H,5-6,14H2. The van der Waals surface area contributed by atoms with Crippen LogP contribution in [-0.4, -0.2) is 16.5 Å². The van der Waals surface area contributed by atoms with Crippen molar-refractivity contribution in [2.24, 2.45) is 0 Å². The van der Waals surface area contributed by atoms with Gasteiger partial charge in [0, 0.05) is 23.7 Å². The summed E-state index contributed by atoms with van der Waals surface area (Å²) < 4.78 is 0. The number of nitrogens with two attached hydrogens (primary N) is 1. The SMILES string of the molecule is Nc1cnc(CCNc2ccc(Cl)cc2)nc1. The molecule has 2 rings (SSSR count). The normalized spacial score (nSPS) is 10.2. The number of hydrogen-bond acceptors (Lipinski definition) is 4. The summed E-state index contributed by atoms with van der Waals surface area (Å²) in [6.07, 6.45) is 3.98. The molecule has 1 aromatic carbocycles. The second kappa shape index (κ2) is 5.50. The van der Waals surface area contributed by atoms with Gasteiger partial charge in [-0.2, -0.15) is 0 Å². The molecule has 0 spiro atoms. The molecule has 4 nitrogen and oxygen atoms in total. The van der Waals surface area contributed by atoms with E-state index in [1.165, 1.54) is 0 Å². The van der Waals surface area contributed by atoms with Crippen molar-refractivity contribution in [1.82, 2.24) is 9.97 Å². The van der Waals surface area contributed by atoms with Crippen molar-refractivity contribution in [3.8, 4) is 0 Å². The topological polar surface area (TPSA) is 63.8 Å². The first kappa shape index (κ1) is 11.7. The quantitative estimate of drug-likeness (QED) is 0.872. The average molecular weight is 249 g/mol. The molecule has 0 unspecified atom stereocenters. The first-order chi connectivity index (χ1) is 8.24. The van der Waals surface area contributed by atoms with Gasteiger partial charge in [-0.25, -0.2) is 9.97 Å². The molecule has 2 aromatic rings. The van der Waals surface area contributed by atoms with E-state index < -0.39 is 0 Å². The van der Waals surface area contributed by atoms with Crippen LogP contribution < -0.4 is 11.1 Å². The summed E-state index contributed by atoms with van der Waals surface area (Å²) in [5.41, 5.74) is 7.12. The predicted octanol–water partition coefficient (Wildman–Crippen LogP) is 2.37. The zero-order valence-corrected chi connectivity index (χ0v) is 9.98. The number of nitrogens with zero attached hydrogens (tertiary/aromatic N) is 2. The second-order valence-corrected chi connectivity index (χ2v) is 4.05. The van der Waals surface area contributed by atoms with Crippen LogP contribution in [0.1, 0.15) is 5.82 Å². The number of aromatic nitrogens is 2. The molecule has 0 aliphatic heterocycles. The molecular formula is C12H13ClN4. The van der Waals surface area contributed by atoms with Crippen LogP contribution in [0.15, 0.2) is 36.7 Å². The van der Waals surface area contributed by atoms with Crippen LogP contribution in [0.25, 0.3) is 0 Å². The van der Waals surface area contributed by atoms with Gasteiger partial charge in [-0.15, -0.1) is 0 Å². The fourth-order valence-electron chi connectivity index (χ4n) is 1.38. The van der Waals surface area contributed by atoms with E-state index in [2.05, 4.69) is 15.3 Å². The van der Waals surface area contributed by atoms with Crippen molar-refractivity contribution in [3.63, 3.8) is 0 Å². The maximum Gasteiger partial charge on any atom is 0.130 e. The molecule has 0 bridgehead atoms. The Morgan fingerprint density at radius 2 is 1.76 bits per heavy atom. The summed E-state index contributed by atoms with van der Waals surface area (Å²) in [5, 5.41) is 4.00. The van der Waals surface area contributed by atoms with Crippen molar-refractivity contribution in [2.75, 3.05) is 17.6 Å². The Morgan fingerprint density at radius 1 is 1.12 bits per heavy atom. The molecule has 0 saturated carbocycles. The summed E-state index contributed by atoms with van der Waals surface area (Å²) in [6.45, 7) is 0.769. The van der Waals surface area contributed by atoms with Crippen LogP contribution >= 0.6 is 11.6 Å². The molecule has 0 fully saturated rings. The minimum absolute atomic E-state index is 0.583. The Labute approximate surface area is 105 Å². The maximum absolute atomic E-state index is 5.80. The van der Waals surface area contributed by atoms with Crippen LogP contribution in [0, 0.1) is 0 Å². The Bertz CT molecular complexity index is 421. The number of halogens is 1. The molecule has 0 aliphatic carbocycles. The lowest BCUT2D eigenvalue weighted by Crippen LogP contribution is -2.07. The zero-order chi connectivity index (χ0) is 12.1. The predicted molar refractivity (Wildman–Crippen MR) is 70.1 cm³/mol. The van der Waals surface area contributed by atoms with Gasteiger partial charge in [0.15, 0.2) is 0 Å². The smallest absolute Gasteiger partial charge is 0.130 e. The van der Waals surface area contributed by atoms with E-state index >= 15 is 0 Å². The number of benzene rings is 1. The molecule has 1 heterocycles. The molecule has 88 valence electrons. The van der Waals surface area contributed by atoms with Gasteiger partial charge in [-0.3, -0.25) is 0 Å². The monoisotopic (exact) mass is 248 g/mol. The van der Waals surface area contributed by atoms with Gasteiger partial charge < -0.3 is 11.1 Å². The van der Waals surface area contributed by atoms with Crippen LogP contribution in [0.2, 0.25) is 5.02 Å². The number of hydrogen-bond donors (Lipinski definition) is 2. The van der Waals surface area contributed by atoms with E-state index in [9.17, 15) is 0 Å². The maximum atomic E-state index is 5.80. The summed E-state index contributed by atoms with van der Waals surface area (Å²) in [4.78, 5) is 8.25. The number of nitrogen functional groups attached to an aromatic ring is 1. The minimum atomic E-state index is 0.583. The van der Waals surface area contributed by atoms with Gasteiger partial charge in [-0.1, -0.05) is 11.6 Å². The summed E-state index contributed by atoms with van der Waals surface area (Å²) in [5.74, 6) is 0.778. The third kappa shape index (κ3) is 3.60. The van der Waals surface area contributed by atoms with E-state index in [0.29, 0.717) is 5.69 Å². The lowest BCUT2D eigenvalue weighted by atomic mass is 10.3. The largest absolute Gasteiger partial charge is 0.396 e. The minimum Gasteiger partial charge on any atom is -0.396 e. The summed E-state index contributed by atoms with van der Waals surface area (Å²) in [6, 6.07) is 7.57. The fraction of sp³-hybridized carbons (Fsp3) is 0.167. The van der Waals surface area contributed by atoms with Crippen molar-refractivity contribution >= 4 is 23.0 Å². The van der Waals surface area contributed by atoms with E-state index in [1.807, 2.05) is 24.3 Å². The van der Waals surface area contributed by atoms with Crippen molar-refractivity contribution in [3.05, 3.63) is 47.5 Å². The van der Waals surface area contributed by atoms with Crippen molar-refractivity contribution in [1.29, 1.82) is 0 Å². The highest BCUT2D eigenvalue weighted by Crippen LogP contribution is 2.13. The molecule has 3 N–H and O–H groups in total. The van der Waals surface area contributed by atoms with Crippen molar-refractivity contribution in [2.45, 2.75) is 6.42 Å². The van der Waals surface area contributed by atoms with Gasteiger partial charge in [0.2, 0.25) is 0 Å². The number of nitrogens with one attached hydrogen (secondary N) is 1. The van der Waals surface area contributed by atoms with E-state index in [0.717, 1.165) is 29.5 Å². The molecule has 5 heteroatoms. The van der Waals surface area contributed by atoms with Gasteiger partial charge in [0.05, 0.1) is 18.1 Å². The van der Waals surface area contributed by atoms with E-state index in [-0.39, 0.29) is 0 Å². The lowest BCUT2D eigenvalue weighted by molar-refractivity contribution is 0.895. The van der Waals surface area contributed by atoms with E-state index in [1.54, 1.807) is 12.4 Å². The number of anilines is 2. The first-order valence-corrected chi connectivity index (χ1v) is 5.68. The van der Waals surface area contributed by atoms with Crippen molar-refractivity contribution < 1.29 is 0 Å². The molecule has 0 aliphatic rings. The van der Waals surface area contributed by atoms with Gasteiger partial charge in [0.25, 0.3) is 0 Å². The third-order valence-corrected chi connectivity index (χ3v) is 2.50. The van der Waals surface area contributed by atoms with Gasteiger partial charge in [-0.05, 0) is 24.3 Å². The Hall–Kier alpha value is -1.81. The van der Waals surface area contributed by atoms with Crippen LogP contribution in [0.5, 0.6) is 0 Å². The highest BCUT2D eigenvalue weighted by Gasteiger charge is 1.96.